The number of nitrogens with two attached hydrogens (primary N) is 1. The monoisotopic (exact) mass is 466 g/mol. The van der Waals surface area contributed by atoms with Crippen molar-refractivity contribution in [3.8, 4) is 0 Å². The van der Waals surface area contributed by atoms with Crippen molar-refractivity contribution in [2.75, 3.05) is 42.7 Å². The molecule has 0 bridgehead atoms. The van der Waals surface area contributed by atoms with E-state index in [1.807, 2.05) is 0 Å². The van der Waals surface area contributed by atoms with Gasteiger partial charge in [0, 0.05) is 33.9 Å². The molecular formula is C16H20Cl2N4O4S2. The number of benzene rings is 2. The molecule has 0 aliphatic heterocycles. The van der Waals surface area contributed by atoms with Gasteiger partial charge in [-0.1, -0.05) is 23.2 Å². The molecule has 0 unspecified atom stereocenters. The third-order valence-electron chi connectivity index (χ3n) is 3.78. The Bertz CT molecular complexity index is 1090. The number of nitrogens with one attached hydrogen (secondary N) is 1. The minimum atomic E-state index is -4.20. The zero-order chi connectivity index (χ0) is 21.4. The second-order valence-electron chi connectivity index (χ2n) is 6.36. The highest BCUT2D eigenvalue weighted by Gasteiger charge is 2.23. The van der Waals surface area contributed by atoms with Gasteiger partial charge in [0.25, 0.3) is 10.0 Å². The summed E-state index contributed by atoms with van der Waals surface area (Å²) in [6.07, 6.45) is 0. The molecule has 0 saturated carbocycles. The molecule has 8 nitrogen and oxygen atoms in total. The van der Waals surface area contributed by atoms with Crippen molar-refractivity contribution in [1.29, 1.82) is 0 Å². The van der Waals surface area contributed by atoms with Gasteiger partial charge < -0.3 is 9.80 Å². The van der Waals surface area contributed by atoms with Crippen LogP contribution < -0.4 is 19.7 Å². The molecule has 0 aliphatic rings. The predicted octanol–water partition coefficient (Wildman–Crippen LogP) is 2.57. The number of primary sulfonamides is 1. The number of hydrogen-bond acceptors (Lipinski definition) is 6. The minimum Gasteiger partial charge on any atom is -0.378 e. The summed E-state index contributed by atoms with van der Waals surface area (Å²) in [5, 5.41) is 5.48. The fraction of sp³-hybridized carbons (Fsp3) is 0.250. The number of hydrogen-bond donors (Lipinski definition) is 2. The maximum absolute atomic E-state index is 12.9. The topological polar surface area (TPSA) is 113 Å². The van der Waals surface area contributed by atoms with Crippen molar-refractivity contribution < 1.29 is 16.8 Å². The number of nitrogens with zero attached hydrogens (tertiary/aromatic N) is 2. The van der Waals surface area contributed by atoms with E-state index in [0.29, 0.717) is 11.4 Å². The summed E-state index contributed by atoms with van der Waals surface area (Å²) in [6.45, 7) is 0. The van der Waals surface area contributed by atoms with Crippen molar-refractivity contribution in [3.63, 3.8) is 0 Å². The normalized spacial score (nSPS) is 12.0. The molecule has 12 heteroatoms. The van der Waals surface area contributed by atoms with E-state index in [1.54, 1.807) is 38.0 Å². The lowest BCUT2D eigenvalue weighted by atomic mass is 10.2. The van der Waals surface area contributed by atoms with Crippen LogP contribution in [0.15, 0.2) is 40.1 Å². The average Bonchev–Trinajstić information content (AvgIpc) is 2.52. The van der Waals surface area contributed by atoms with Gasteiger partial charge in [0.1, 0.15) is 4.90 Å². The van der Waals surface area contributed by atoms with Gasteiger partial charge in [0.15, 0.2) is 0 Å². The van der Waals surface area contributed by atoms with Gasteiger partial charge in [-0.3, -0.25) is 4.72 Å². The van der Waals surface area contributed by atoms with E-state index < -0.39 is 20.0 Å². The van der Waals surface area contributed by atoms with E-state index in [1.165, 1.54) is 30.3 Å². The largest absolute Gasteiger partial charge is 0.378 e. The molecule has 154 valence electrons. The van der Waals surface area contributed by atoms with Crippen LogP contribution in [0, 0.1) is 0 Å². The van der Waals surface area contributed by atoms with Gasteiger partial charge in [-0.25, -0.2) is 22.0 Å². The molecule has 2 aromatic rings. The Balaban J connectivity index is 2.60. The van der Waals surface area contributed by atoms with Gasteiger partial charge in [-0.2, -0.15) is 0 Å². The van der Waals surface area contributed by atoms with E-state index in [9.17, 15) is 16.8 Å². The number of anilines is 3. The zero-order valence-corrected chi connectivity index (χ0v) is 18.7. The summed E-state index contributed by atoms with van der Waals surface area (Å²) in [5.41, 5.74) is 0.851. The SMILES string of the molecule is CN(C)c1ccc(S(N)(=O)=O)c(NS(=O)(=O)c2cc(Cl)c(N(C)C)c(Cl)c2)c1. The predicted molar refractivity (Wildman–Crippen MR) is 114 cm³/mol. The quantitative estimate of drug-likeness (QED) is 0.675. The average molecular weight is 467 g/mol. The Morgan fingerprint density at radius 1 is 0.893 bits per heavy atom. The molecule has 0 radical (unpaired) electrons. The Kier molecular flexibility index (Phi) is 6.41. The van der Waals surface area contributed by atoms with E-state index in [-0.39, 0.29) is 25.5 Å². The van der Waals surface area contributed by atoms with Crippen LogP contribution in [-0.4, -0.2) is 45.0 Å². The molecule has 0 saturated heterocycles. The highest BCUT2D eigenvalue weighted by atomic mass is 35.5. The third-order valence-corrected chi connectivity index (χ3v) is 6.67. The first-order valence-electron chi connectivity index (χ1n) is 7.77. The molecule has 28 heavy (non-hydrogen) atoms. The third kappa shape index (κ3) is 4.81. The molecule has 2 aromatic carbocycles. The van der Waals surface area contributed by atoms with Crippen LogP contribution in [0.3, 0.4) is 0 Å². The molecule has 0 aromatic heterocycles. The smallest absolute Gasteiger partial charge is 0.262 e. The fourth-order valence-corrected chi connectivity index (χ4v) is 5.27. The molecule has 2 rings (SSSR count). The maximum atomic E-state index is 12.9. The summed E-state index contributed by atoms with van der Waals surface area (Å²) in [4.78, 5) is 2.76. The lowest BCUT2D eigenvalue weighted by Gasteiger charge is -2.19. The van der Waals surface area contributed by atoms with Crippen LogP contribution in [-0.2, 0) is 20.0 Å². The van der Waals surface area contributed by atoms with Crippen LogP contribution in [0.5, 0.6) is 0 Å². The van der Waals surface area contributed by atoms with Crippen molar-refractivity contribution in [1.82, 2.24) is 0 Å². The van der Waals surface area contributed by atoms with Crippen LogP contribution in [0.4, 0.5) is 17.1 Å². The summed E-state index contributed by atoms with van der Waals surface area (Å²) in [7, 11) is -1.49. The maximum Gasteiger partial charge on any atom is 0.262 e. The number of halogens is 2. The lowest BCUT2D eigenvalue weighted by molar-refractivity contribution is 0.598. The number of sulfonamides is 2. The van der Waals surface area contributed by atoms with Crippen molar-refractivity contribution in [2.24, 2.45) is 5.14 Å². The zero-order valence-electron chi connectivity index (χ0n) is 15.6. The lowest BCUT2D eigenvalue weighted by Crippen LogP contribution is -2.20. The Morgan fingerprint density at radius 3 is 1.86 bits per heavy atom. The van der Waals surface area contributed by atoms with Gasteiger partial charge in [0.05, 0.1) is 26.3 Å². The standard InChI is InChI=1S/C16H20Cl2N4O4S2/c1-21(2)10-5-6-15(27(19,23)24)14(7-10)20-28(25,26)11-8-12(17)16(22(3)4)13(18)9-11/h5-9,20H,1-4H3,(H2,19,23,24). The highest BCUT2D eigenvalue weighted by Crippen LogP contribution is 2.36. The van der Waals surface area contributed by atoms with Crippen LogP contribution in [0.2, 0.25) is 10.0 Å². The molecule has 0 fully saturated rings. The van der Waals surface area contributed by atoms with E-state index in [0.717, 1.165) is 0 Å². The van der Waals surface area contributed by atoms with E-state index in [2.05, 4.69) is 4.72 Å². The van der Waals surface area contributed by atoms with Crippen molar-refractivity contribution in [3.05, 3.63) is 40.4 Å². The molecule has 0 spiro atoms. The first-order chi connectivity index (χ1) is 12.7. The molecule has 0 heterocycles. The minimum absolute atomic E-state index is 0.131. The summed E-state index contributed by atoms with van der Waals surface area (Å²) < 4.78 is 51.7. The summed E-state index contributed by atoms with van der Waals surface area (Å²) in [6, 6.07) is 6.58. The second kappa shape index (κ2) is 7.96. The van der Waals surface area contributed by atoms with E-state index in [4.69, 9.17) is 28.3 Å². The van der Waals surface area contributed by atoms with Gasteiger partial charge >= 0.3 is 0 Å². The number of rotatable bonds is 6. The van der Waals surface area contributed by atoms with Crippen LogP contribution >= 0.6 is 23.2 Å². The fourth-order valence-electron chi connectivity index (χ4n) is 2.45. The first-order valence-corrected chi connectivity index (χ1v) is 11.6. The van der Waals surface area contributed by atoms with Crippen LogP contribution in [0.1, 0.15) is 0 Å². The molecular weight excluding hydrogens is 447 g/mol. The summed E-state index contributed by atoms with van der Waals surface area (Å²) >= 11 is 12.3. The van der Waals surface area contributed by atoms with E-state index >= 15 is 0 Å². The Hall–Kier alpha value is -1.72. The highest BCUT2D eigenvalue weighted by molar-refractivity contribution is 7.93. The molecule has 0 amide bonds. The van der Waals surface area contributed by atoms with Crippen molar-refractivity contribution >= 4 is 60.3 Å². The van der Waals surface area contributed by atoms with Gasteiger partial charge in [-0.15, -0.1) is 0 Å². The Morgan fingerprint density at radius 2 is 1.43 bits per heavy atom. The van der Waals surface area contributed by atoms with Crippen LogP contribution in [0.25, 0.3) is 0 Å². The molecule has 0 atom stereocenters. The first kappa shape index (κ1) is 22.6. The molecule has 0 aliphatic carbocycles. The molecule has 3 N–H and O–H groups in total. The summed E-state index contributed by atoms with van der Waals surface area (Å²) in [5.74, 6) is 0. The van der Waals surface area contributed by atoms with Gasteiger partial charge in [0.2, 0.25) is 10.0 Å². The Labute approximate surface area is 174 Å². The van der Waals surface area contributed by atoms with Gasteiger partial charge in [-0.05, 0) is 30.3 Å². The second-order valence-corrected chi connectivity index (χ2v) is 10.4. The van der Waals surface area contributed by atoms with Crippen molar-refractivity contribution in [2.45, 2.75) is 9.79 Å².